The normalized spacial score (nSPS) is 14.6. The number of nitrogens with zero attached hydrogens (tertiary/aromatic N) is 3. The predicted octanol–water partition coefficient (Wildman–Crippen LogP) is 3.74. The van der Waals surface area contributed by atoms with Crippen LogP contribution in [0.1, 0.15) is 36.6 Å². The zero-order chi connectivity index (χ0) is 18.1. The van der Waals surface area contributed by atoms with Crippen molar-refractivity contribution >= 4 is 27.0 Å². The molecule has 1 aliphatic carbocycles. The van der Waals surface area contributed by atoms with Gasteiger partial charge in [-0.25, -0.2) is 8.42 Å². The molecule has 0 spiro atoms. The standard InChI is InChI=1S/C17H14N4O3S2/c18-10-11-3-1-6-13(9-11)21-26(22,23)15-8-7-14(25-15)17-20-19-16(24-17)12-4-2-5-12/h1,3,6-9,12,21H,2,4-5H2. The highest BCUT2D eigenvalue weighted by molar-refractivity contribution is 7.94. The summed E-state index contributed by atoms with van der Waals surface area (Å²) in [5, 5.41) is 17.0. The molecule has 1 aromatic carbocycles. The maximum absolute atomic E-state index is 12.6. The van der Waals surface area contributed by atoms with Crippen molar-refractivity contribution < 1.29 is 12.8 Å². The summed E-state index contributed by atoms with van der Waals surface area (Å²) >= 11 is 1.06. The molecule has 0 bridgehead atoms. The van der Waals surface area contributed by atoms with E-state index in [2.05, 4.69) is 14.9 Å². The van der Waals surface area contributed by atoms with E-state index in [0.29, 0.717) is 33.8 Å². The molecule has 0 radical (unpaired) electrons. The van der Waals surface area contributed by atoms with Crippen LogP contribution in [-0.2, 0) is 10.0 Å². The Balaban J connectivity index is 1.56. The van der Waals surface area contributed by atoms with Crippen LogP contribution in [0.25, 0.3) is 10.8 Å². The topological polar surface area (TPSA) is 109 Å². The van der Waals surface area contributed by atoms with E-state index in [1.807, 2.05) is 6.07 Å². The number of nitrogens with one attached hydrogen (secondary N) is 1. The molecule has 2 aromatic heterocycles. The molecule has 1 aliphatic rings. The van der Waals surface area contributed by atoms with Crippen LogP contribution in [-0.4, -0.2) is 18.6 Å². The lowest BCUT2D eigenvalue weighted by Crippen LogP contribution is -2.11. The van der Waals surface area contributed by atoms with Crippen molar-refractivity contribution in [3.05, 3.63) is 47.9 Å². The first-order valence-electron chi connectivity index (χ1n) is 8.02. The third-order valence-corrected chi connectivity index (χ3v) is 7.14. The van der Waals surface area contributed by atoms with Crippen molar-refractivity contribution in [2.45, 2.75) is 29.4 Å². The Labute approximate surface area is 154 Å². The van der Waals surface area contributed by atoms with Gasteiger partial charge in [0.15, 0.2) is 0 Å². The van der Waals surface area contributed by atoms with Crippen LogP contribution in [0.2, 0.25) is 0 Å². The van der Waals surface area contributed by atoms with Gasteiger partial charge in [0, 0.05) is 5.92 Å². The Hall–Kier alpha value is -2.70. The first kappa shape index (κ1) is 16.8. The molecule has 0 atom stereocenters. The quantitative estimate of drug-likeness (QED) is 0.715. The second-order valence-electron chi connectivity index (χ2n) is 5.99. The Morgan fingerprint density at radius 3 is 2.81 bits per heavy atom. The number of sulfonamides is 1. The van der Waals surface area contributed by atoms with E-state index in [0.717, 1.165) is 24.2 Å². The monoisotopic (exact) mass is 386 g/mol. The number of anilines is 1. The summed E-state index contributed by atoms with van der Waals surface area (Å²) < 4.78 is 33.4. The first-order chi connectivity index (χ1) is 12.5. The summed E-state index contributed by atoms with van der Waals surface area (Å²) in [6.07, 6.45) is 3.28. The Morgan fingerprint density at radius 1 is 1.23 bits per heavy atom. The molecule has 0 amide bonds. The van der Waals surface area contributed by atoms with Gasteiger partial charge in [-0.1, -0.05) is 12.5 Å². The average molecular weight is 386 g/mol. The van der Waals surface area contributed by atoms with E-state index in [1.165, 1.54) is 18.6 Å². The Kier molecular flexibility index (Phi) is 4.22. The van der Waals surface area contributed by atoms with Crippen molar-refractivity contribution in [1.82, 2.24) is 10.2 Å². The van der Waals surface area contributed by atoms with Crippen molar-refractivity contribution in [2.24, 2.45) is 0 Å². The summed E-state index contributed by atoms with van der Waals surface area (Å²) in [5.74, 6) is 1.29. The summed E-state index contributed by atoms with van der Waals surface area (Å²) in [6, 6.07) is 11.4. The van der Waals surface area contributed by atoms with Crippen molar-refractivity contribution in [2.75, 3.05) is 4.72 Å². The smallest absolute Gasteiger partial charge is 0.271 e. The number of thiophene rings is 1. The van der Waals surface area contributed by atoms with Crippen LogP contribution in [0.4, 0.5) is 5.69 Å². The van der Waals surface area contributed by atoms with Crippen molar-refractivity contribution in [3.63, 3.8) is 0 Å². The highest BCUT2D eigenvalue weighted by atomic mass is 32.2. The summed E-state index contributed by atoms with van der Waals surface area (Å²) in [7, 11) is -3.76. The van der Waals surface area contributed by atoms with Gasteiger partial charge in [-0.2, -0.15) is 5.26 Å². The molecular weight excluding hydrogens is 372 g/mol. The minimum Gasteiger partial charge on any atom is -0.420 e. The third-order valence-electron chi connectivity index (χ3n) is 4.20. The summed E-state index contributed by atoms with van der Waals surface area (Å²) in [5.41, 5.74) is 0.718. The molecule has 0 unspecified atom stereocenters. The second kappa shape index (κ2) is 6.55. The molecule has 0 saturated heterocycles. The number of hydrogen-bond acceptors (Lipinski definition) is 7. The second-order valence-corrected chi connectivity index (χ2v) is 8.98. The maximum atomic E-state index is 12.6. The Morgan fingerprint density at radius 2 is 2.08 bits per heavy atom. The third kappa shape index (κ3) is 3.21. The van der Waals surface area contributed by atoms with E-state index in [-0.39, 0.29) is 4.21 Å². The highest BCUT2D eigenvalue weighted by Gasteiger charge is 2.26. The molecule has 1 saturated carbocycles. The minimum atomic E-state index is -3.76. The lowest BCUT2D eigenvalue weighted by molar-refractivity contribution is 0.338. The van der Waals surface area contributed by atoms with Crippen LogP contribution >= 0.6 is 11.3 Å². The van der Waals surface area contributed by atoms with Crippen LogP contribution in [0.5, 0.6) is 0 Å². The molecule has 0 aliphatic heterocycles. The number of hydrogen-bond donors (Lipinski definition) is 1. The number of aromatic nitrogens is 2. The summed E-state index contributed by atoms with van der Waals surface area (Å²) in [4.78, 5) is 0.606. The SMILES string of the molecule is N#Cc1cccc(NS(=O)(=O)c2ccc(-c3nnc(C4CCC4)o3)s2)c1. The number of benzene rings is 1. The lowest BCUT2D eigenvalue weighted by Gasteiger charge is -2.20. The number of rotatable bonds is 5. The van der Waals surface area contributed by atoms with Crippen LogP contribution in [0, 0.1) is 11.3 Å². The molecule has 2 heterocycles. The van der Waals surface area contributed by atoms with Gasteiger partial charge in [-0.05, 0) is 43.2 Å². The average Bonchev–Trinajstić information content (AvgIpc) is 3.22. The summed E-state index contributed by atoms with van der Waals surface area (Å²) in [6.45, 7) is 0. The molecule has 9 heteroatoms. The van der Waals surface area contributed by atoms with Gasteiger partial charge < -0.3 is 4.42 Å². The van der Waals surface area contributed by atoms with E-state index in [1.54, 1.807) is 24.3 Å². The molecule has 1 N–H and O–H groups in total. The fraction of sp³-hybridized carbons (Fsp3) is 0.235. The molecule has 3 aromatic rings. The van der Waals surface area contributed by atoms with E-state index >= 15 is 0 Å². The zero-order valence-electron chi connectivity index (χ0n) is 13.5. The van der Waals surface area contributed by atoms with Gasteiger partial charge in [0.1, 0.15) is 4.21 Å². The molecule has 132 valence electrons. The van der Waals surface area contributed by atoms with Gasteiger partial charge >= 0.3 is 0 Å². The largest absolute Gasteiger partial charge is 0.420 e. The number of nitriles is 1. The van der Waals surface area contributed by atoms with Crippen LogP contribution < -0.4 is 4.72 Å². The van der Waals surface area contributed by atoms with E-state index < -0.39 is 10.0 Å². The Bertz CT molecular complexity index is 1090. The van der Waals surface area contributed by atoms with Gasteiger partial charge in [0.2, 0.25) is 5.89 Å². The van der Waals surface area contributed by atoms with Crippen LogP contribution in [0.3, 0.4) is 0 Å². The zero-order valence-corrected chi connectivity index (χ0v) is 15.2. The van der Waals surface area contributed by atoms with E-state index in [9.17, 15) is 8.42 Å². The molecule has 4 rings (SSSR count). The van der Waals surface area contributed by atoms with E-state index in [4.69, 9.17) is 9.68 Å². The fourth-order valence-corrected chi connectivity index (χ4v) is 4.87. The van der Waals surface area contributed by atoms with Gasteiger partial charge in [-0.3, -0.25) is 4.72 Å². The van der Waals surface area contributed by atoms with Crippen molar-refractivity contribution in [1.29, 1.82) is 5.26 Å². The molecule has 1 fully saturated rings. The maximum Gasteiger partial charge on any atom is 0.271 e. The van der Waals surface area contributed by atoms with Crippen molar-refractivity contribution in [3.8, 4) is 16.8 Å². The molecular formula is C17H14N4O3S2. The van der Waals surface area contributed by atoms with Crippen LogP contribution in [0.15, 0.2) is 45.0 Å². The van der Waals surface area contributed by atoms with Gasteiger partial charge in [0.05, 0.1) is 22.2 Å². The van der Waals surface area contributed by atoms with Gasteiger partial charge in [0.25, 0.3) is 15.9 Å². The molecule has 26 heavy (non-hydrogen) atoms. The minimum absolute atomic E-state index is 0.137. The fourth-order valence-electron chi connectivity index (χ4n) is 2.59. The molecule has 7 nitrogen and oxygen atoms in total. The van der Waals surface area contributed by atoms with Gasteiger partial charge in [-0.15, -0.1) is 21.5 Å². The first-order valence-corrected chi connectivity index (χ1v) is 10.3. The highest BCUT2D eigenvalue weighted by Crippen LogP contribution is 2.37. The predicted molar refractivity (Wildman–Crippen MR) is 96.2 cm³/mol. The lowest BCUT2D eigenvalue weighted by atomic mass is 9.85.